The number of anilines is 1. The molecular formula is C20H17ClF2N4O3S2. The molecule has 1 amide bonds. The summed E-state index contributed by atoms with van der Waals surface area (Å²) in [5, 5.41) is 4.37. The smallest absolute Gasteiger partial charge is 0.246 e. The first-order chi connectivity index (χ1) is 15.3. The highest BCUT2D eigenvalue weighted by Gasteiger charge is 2.33. The first kappa shape index (κ1) is 22.7. The van der Waals surface area contributed by atoms with Gasteiger partial charge in [0, 0.05) is 36.1 Å². The number of carbonyl (C=O) groups is 1. The number of halogens is 3. The minimum Gasteiger partial charge on any atom is -0.302 e. The van der Waals surface area contributed by atoms with Gasteiger partial charge < -0.3 is 5.32 Å². The van der Waals surface area contributed by atoms with Gasteiger partial charge in [0.1, 0.15) is 21.7 Å². The van der Waals surface area contributed by atoms with Gasteiger partial charge in [0.15, 0.2) is 5.13 Å². The van der Waals surface area contributed by atoms with Crippen LogP contribution in [0.5, 0.6) is 0 Å². The van der Waals surface area contributed by atoms with Crippen LogP contribution in [0, 0.1) is 17.6 Å². The van der Waals surface area contributed by atoms with E-state index >= 15 is 0 Å². The number of hydrogen-bond donors (Lipinski definition) is 1. The number of sulfonamides is 1. The van der Waals surface area contributed by atoms with E-state index in [-0.39, 0.29) is 45.4 Å². The Kier molecular flexibility index (Phi) is 6.52. The predicted molar refractivity (Wildman–Crippen MR) is 117 cm³/mol. The Morgan fingerprint density at radius 1 is 1.22 bits per heavy atom. The molecule has 0 saturated carbocycles. The minimum absolute atomic E-state index is 0.00864. The molecule has 0 unspecified atom stereocenters. The third-order valence-corrected chi connectivity index (χ3v) is 8.21. The molecule has 1 N–H and O–H groups in total. The molecule has 7 nitrogen and oxygen atoms in total. The van der Waals surface area contributed by atoms with Crippen LogP contribution in [0.25, 0.3) is 11.3 Å². The van der Waals surface area contributed by atoms with E-state index < -0.39 is 27.6 Å². The number of pyridine rings is 1. The van der Waals surface area contributed by atoms with Crippen molar-refractivity contribution in [1.82, 2.24) is 14.3 Å². The second kappa shape index (κ2) is 9.18. The van der Waals surface area contributed by atoms with Gasteiger partial charge in [-0.3, -0.25) is 4.79 Å². The summed E-state index contributed by atoms with van der Waals surface area (Å²) in [5.74, 6) is -1.92. The number of benzene rings is 1. The molecule has 0 radical (unpaired) electrons. The Hall–Kier alpha value is -2.47. The Bertz CT molecular complexity index is 1260. The third-order valence-electron chi connectivity index (χ3n) is 5.11. The molecule has 0 atom stereocenters. The molecule has 0 spiro atoms. The lowest BCUT2D eigenvalue weighted by Gasteiger charge is -2.30. The molecule has 32 heavy (non-hydrogen) atoms. The summed E-state index contributed by atoms with van der Waals surface area (Å²) in [6, 6.07) is 5.97. The highest BCUT2D eigenvalue weighted by atomic mass is 35.5. The predicted octanol–water partition coefficient (Wildman–Crippen LogP) is 4.18. The number of rotatable bonds is 5. The van der Waals surface area contributed by atoms with Gasteiger partial charge in [-0.05, 0) is 43.2 Å². The van der Waals surface area contributed by atoms with Crippen molar-refractivity contribution in [2.24, 2.45) is 5.92 Å². The van der Waals surface area contributed by atoms with Crippen molar-refractivity contribution in [3.05, 3.63) is 58.7 Å². The highest BCUT2D eigenvalue weighted by molar-refractivity contribution is 7.89. The molecule has 4 rings (SSSR count). The summed E-state index contributed by atoms with van der Waals surface area (Å²) in [6.45, 7) is 0.312. The van der Waals surface area contributed by atoms with E-state index in [1.54, 1.807) is 0 Å². The monoisotopic (exact) mass is 498 g/mol. The largest absolute Gasteiger partial charge is 0.302 e. The van der Waals surface area contributed by atoms with E-state index in [0.717, 1.165) is 29.5 Å². The Balaban J connectivity index is 1.39. The van der Waals surface area contributed by atoms with Crippen LogP contribution in [-0.4, -0.2) is 41.7 Å². The molecule has 0 bridgehead atoms. The molecule has 1 aliphatic heterocycles. The van der Waals surface area contributed by atoms with Gasteiger partial charge in [-0.25, -0.2) is 27.2 Å². The van der Waals surface area contributed by atoms with E-state index in [2.05, 4.69) is 15.3 Å². The van der Waals surface area contributed by atoms with Crippen molar-refractivity contribution in [2.45, 2.75) is 17.7 Å². The Labute approximate surface area is 192 Å². The molecule has 2 aromatic heterocycles. The quantitative estimate of drug-likeness (QED) is 0.533. The number of nitrogens with zero attached hydrogens (tertiary/aromatic N) is 3. The maximum atomic E-state index is 13.9. The normalized spacial score (nSPS) is 15.6. The number of amides is 1. The van der Waals surface area contributed by atoms with Crippen LogP contribution in [-0.2, 0) is 14.8 Å². The summed E-state index contributed by atoms with van der Waals surface area (Å²) < 4.78 is 54.2. The van der Waals surface area contributed by atoms with Crippen molar-refractivity contribution in [3.63, 3.8) is 0 Å². The lowest BCUT2D eigenvalue weighted by molar-refractivity contribution is -0.120. The maximum absolute atomic E-state index is 13.9. The molecule has 1 aromatic carbocycles. The van der Waals surface area contributed by atoms with Crippen LogP contribution in [0.2, 0.25) is 5.15 Å². The molecule has 3 aromatic rings. The van der Waals surface area contributed by atoms with Gasteiger partial charge in [0.05, 0.1) is 5.69 Å². The zero-order valence-corrected chi connectivity index (χ0v) is 18.9. The van der Waals surface area contributed by atoms with E-state index in [0.29, 0.717) is 12.8 Å². The molecule has 168 valence electrons. The van der Waals surface area contributed by atoms with Crippen molar-refractivity contribution in [3.8, 4) is 11.3 Å². The number of hydrogen-bond acceptors (Lipinski definition) is 6. The van der Waals surface area contributed by atoms with Gasteiger partial charge in [-0.2, -0.15) is 4.31 Å². The molecule has 0 aliphatic carbocycles. The average Bonchev–Trinajstić information content (AvgIpc) is 3.24. The van der Waals surface area contributed by atoms with Crippen LogP contribution >= 0.6 is 22.9 Å². The highest BCUT2D eigenvalue weighted by Crippen LogP contribution is 2.30. The lowest BCUT2D eigenvalue weighted by atomic mass is 9.97. The van der Waals surface area contributed by atoms with Crippen molar-refractivity contribution in [1.29, 1.82) is 0 Å². The standard InChI is InChI=1S/C20H17ClF2N4O3S2/c21-18-17(2-1-7-24-18)32(29,30)27-8-5-12(6-9-27)19(28)26-20-25-16(11-31-20)14-10-13(22)3-4-15(14)23/h1-4,7,10-12H,5-6,8-9H2,(H,25,26,28). The summed E-state index contributed by atoms with van der Waals surface area (Å²) in [5.41, 5.74) is 0.228. The van der Waals surface area contributed by atoms with Crippen molar-refractivity contribution in [2.75, 3.05) is 18.4 Å². The number of aromatic nitrogens is 2. The van der Waals surface area contributed by atoms with Gasteiger partial charge in [-0.15, -0.1) is 11.3 Å². The summed E-state index contributed by atoms with van der Waals surface area (Å²) in [7, 11) is -3.80. The molecule has 1 aliphatic rings. The van der Waals surface area contributed by atoms with E-state index in [9.17, 15) is 22.0 Å². The Morgan fingerprint density at radius 2 is 1.97 bits per heavy atom. The van der Waals surface area contributed by atoms with Gasteiger partial charge >= 0.3 is 0 Å². The number of carbonyl (C=O) groups excluding carboxylic acids is 1. The fourth-order valence-electron chi connectivity index (χ4n) is 3.42. The maximum Gasteiger partial charge on any atom is 0.246 e. The fraction of sp³-hybridized carbons (Fsp3) is 0.250. The molecular weight excluding hydrogens is 482 g/mol. The average molecular weight is 499 g/mol. The van der Waals surface area contributed by atoms with Gasteiger partial charge in [0.25, 0.3) is 0 Å². The molecule has 12 heteroatoms. The molecule has 1 fully saturated rings. The zero-order valence-electron chi connectivity index (χ0n) is 16.5. The van der Waals surface area contributed by atoms with Crippen LogP contribution in [0.1, 0.15) is 12.8 Å². The number of thiazole rings is 1. The zero-order chi connectivity index (χ0) is 22.9. The first-order valence-electron chi connectivity index (χ1n) is 9.58. The van der Waals surface area contributed by atoms with E-state index in [1.807, 2.05) is 0 Å². The second-order valence-corrected chi connectivity index (χ2v) is 10.2. The van der Waals surface area contributed by atoms with Crippen molar-refractivity contribution < 1.29 is 22.0 Å². The minimum atomic E-state index is -3.80. The summed E-state index contributed by atoms with van der Waals surface area (Å²) >= 11 is 7.03. The van der Waals surface area contributed by atoms with Crippen LogP contribution in [0.4, 0.5) is 13.9 Å². The SMILES string of the molecule is O=C(Nc1nc(-c2cc(F)ccc2F)cs1)C1CCN(S(=O)(=O)c2cccnc2Cl)CC1. The molecule has 1 saturated heterocycles. The van der Waals surface area contributed by atoms with Crippen LogP contribution in [0.3, 0.4) is 0 Å². The second-order valence-electron chi connectivity index (χ2n) is 7.12. The topological polar surface area (TPSA) is 92.3 Å². The number of piperidine rings is 1. The van der Waals surface area contributed by atoms with Crippen LogP contribution < -0.4 is 5.32 Å². The van der Waals surface area contributed by atoms with Crippen LogP contribution in [0.15, 0.2) is 46.8 Å². The van der Waals surface area contributed by atoms with Gasteiger partial charge in [-0.1, -0.05) is 11.6 Å². The van der Waals surface area contributed by atoms with E-state index in [1.165, 1.54) is 28.0 Å². The fourth-order valence-corrected chi connectivity index (χ4v) is 6.03. The first-order valence-corrected chi connectivity index (χ1v) is 12.3. The van der Waals surface area contributed by atoms with Crippen molar-refractivity contribution >= 4 is 44.0 Å². The summed E-state index contributed by atoms with van der Waals surface area (Å²) in [6.07, 6.45) is 2.05. The third kappa shape index (κ3) is 4.65. The summed E-state index contributed by atoms with van der Waals surface area (Å²) in [4.78, 5) is 20.6. The number of nitrogens with one attached hydrogen (secondary N) is 1. The van der Waals surface area contributed by atoms with Gasteiger partial charge in [0.2, 0.25) is 15.9 Å². The molecule has 3 heterocycles. The van der Waals surface area contributed by atoms with E-state index in [4.69, 9.17) is 11.6 Å². The Morgan fingerprint density at radius 3 is 2.69 bits per heavy atom. The lowest BCUT2D eigenvalue weighted by Crippen LogP contribution is -2.41.